The van der Waals surface area contributed by atoms with Gasteiger partial charge in [0.25, 0.3) is 0 Å². The summed E-state index contributed by atoms with van der Waals surface area (Å²) in [4.78, 5) is 0. The van der Waals surface area contributed by atoms with E-state index in [2.05, 4.69) is 43.8 Å². The van der Waals surface area contributed by atoms with Crippen LogP contribution < -0.4 is 10.6 Å². The molecule has 0 spiro atoms. The van der Waals surface area contributed by atoms with Crippen LogP contribution in [0.25, 0.3) is 0 Å². The van der Waals surface area contributed by atoms with Crippen LogP contribution in [-0.2, 0) is 6.54 Å². The molecule has 0 fully saturated rings. The fraction of sp³-hybridized carbons (Fsp3) is 0.0588. The smallest absolute Gasteiger partial charge is 0.176 e. The molecule has 6 heteroatoms. The Balaban J connectivity index is 1.58. The molecule has 0 amide bonds. The van der Waals surface area contributed by atoms with Crippen molar-refractivity contribution in [1.29, 1.82) is 0 Å². The average Bonchev–Trinajstić information content (AvgIpc) is 2.97. The van der Waals surface area contributed by atoms with Crippen molar-refractivity contribution in [1.82, 2.24) is 9.78 Å². The van der Waals surface area contributed by atoms with Gasteiger partial charge in [-0.25, -0.2) is 0 Å². The van der Waals surface area contributed by atoms with Gasteiger partial charge in [0.1, 0.15) is 0 Å². The van der Waals surface area contributed by atoms with Crippen LogP contribution in [0.2, 0.25) is 0 Å². The maximum Gasteiger partial charge on any atom is 0.176 e. The molecule has 0 saturated heterocycles. The fourth-order valence-corrected chi connectivity index (χ4v) is 2.59. The second-order valence-corrected chi connectivity index (χ2v) is 6.29. The minimum Gasteiger partial charge on any atom is -0.332 e. The lowest BCUT2D eigenvalue weighted by Crippen LogP contribution is -2.19. The van der Waals surface area contributed by atoms with Crippen LogP contribution in [0.15, 0.2) is 71.3 Å². The van der Waals surface area contributed by atoms with Gasteiger partial charge in [0.2, 0.25) is 0 Å². The lowest BCUT2D eigenvalue weighted by Gasteiger charge is -2.08. The fourth-order valence-electron chi connectivity index (χ4n) is 2.10. The van der Waals surface area contributed by atoms with Crippen molar-refractivity contribution in [2.75, 3.05) is 10.6 Å². The van der Waals surface area contributed by atoms with Gasteiger partial charge in [0, 0.05) is 22.4 Å². The normalized spacial score (nSPS) is 10.3. The maximum absolute atomic E-state index is 5.31. The highest BCUT2D eigenvalue weighted by atomic mass is 79.9. The third kappa shape index (κ3) is 4.64. The Kier molecular flexibility index (Phi) is 5.05. The summed E-state index contributed by atoms with van der Waals surface area (Å²) in [5, 5.41) is 11.2. The Morgan fingerprint density at radius 2 is 1.74 bits per heavy atom. The van der Waals surface area contributed by atoms with Crippen LogP contribution in [0.4, 0.5) is 11.5 Å². The van der Waals surface area contributed by atoms with Gasteiger partial charge >= 0.3 is 0 Å². The number of hydrogen-bond acceptors (Lipinski definition) is 2. The number of rotatable bonds is 4. The topological polar surface area (TPSA) is 41.9 Å². The Morgan fingerprint density at radius 3 is 2.48 bits per heavy atom. The first-order valence-corrected chi connectivity index (χ1v) is 8.30. The second kappa shape index (κ2) is 7.39. The monoisotopic (exact) mass is 386 g/mol. The van der Waals surface area contributed by atoms with E-state index in [0.717, 1.165) is 22.5 Å². The highest BCUT2D eigenvalue weighted by Gasteiger charge is 2.03. The van der Waals surface area contributed by atoms with Gasteiger partial charge in [-0.3, -0.25) is 4.68 Å². The molecule has 2 N–H and O–H groups in total. The van der Waals surface area contributed by atoms with Gasteiger partial charge < -0.3 is 10.6 Å². The van der Waals surface area contributed by atoms with Gasteiger partial charge in [-0.15, -0.1) is 0 Å². The molecule has 1 heterocycles. The van der Waals surface area contributed by atoms with Crippen LogP contribution in [0.1, 0.15) is 5.56 Å². The molecule has 0 aliphatic rings. The lowest BCUT2D eigenvalue weighted by molar-refractivity contribution is 0.690. The molecule has 2 aromatic carbocycles. The lowest BCUT2D eigenvalue weighted by atomic mass is 10.2. The summed E-state index contributed by atoms with van der Waals surface area (Å²) in [5.74, 6) is 0.718. The Morgan fingerprint density at radius 1 is 1.00 bits per heavy atom. The molecule has 0 radical (unpaired) electrons. The van der Waals surface area contributed by atoms with Crippen LogP contribution in [0.3, 0.4) is 0 Å². The largest absolute Gasteiger partial charge is 0.332 e. The molecule has 3 aromatic rings. The average molecular weight is 387 g/mol. The van der Waals surface area contributed by atoms with E-state index in [4.69, 9.17) is 12.2 Å². The SMILES string of the molecule is S=C(Nc1ccc(Br)cc1)Nc1ccn(Cc2ccccc2)n1. The van der Waals surface area contributed by atoms with Crippen LogP contribution in [-0.4, -0.2) is 14.9 Å². The zero-order valence-electron chi connectivity index (χ0n) is 12.2. The molecule has 0 aliphatic carbocycles. The third-order valence-electron chi connectivity index (χ3n) is 3.17. The van der Waals surface area contributed by atoms with Crippen molar-refractivity contribution in [2.24, 2.45) is 0 Å². The van der Waals surface area contributed by atoms with Crippen LogP contribution in [0, 0.1) is 0 Å². The molecule has 116 valence electrons. The number of aromatic nitrogens is 2. The molecule has 0 atom stereocenters. The van der Waals surface area contributed by atoms with Gasteiger partial charge in [-0.05, 0) is 42.0 Å². The predicted molar refractivity (Wildman–Crippen MR) is 102 cm³/mol. The number of thiocarbonyl (C=S) groups is 1. The maximum atomic E-state index is 5.31. The van der Waals surface area contributed by atoms with E-state index < -0.39 is 0 Å². The van der Waals surface area contributed by atoms with Crippen molar-refractivity contribution in [3.63, 3.8) is 0 Å². The van der Waals surface area contributed by atoms with Crippen molar-refractivity contribution < 1.29 is 0 Å². The highest BCUT2D eigenvalue weighted by Crippen LogP contribution is 2.14. The van der Waals surface area contributed by atoms with Gasteiger partial charge in [-0.1, -0.05) is 46.3 Å². The number of benzene rings is 2. The molecule has 3 rings (SSSR count). The van der Waals surface area contributed by atoms with E-state index in [1.165, 1.54) is 5.56 Å². The van der Waals surface area contributed by atoms with Crippen molar-refractivity contribution >= 4 is 44.8 Å². The van der Waals surface area contributed by atoms with E-state index in [1.54, 1.807) is 0 Å². The van der Waals surface area contributed by atoms with Crippen LogP contribution in [0.5, 0.6) is 0 Å². The van der Waals surface area contributed by atoms with E-state index in [9.17, 15) is 0 Å². The Labute approximate surface area is 148 Å². The summed E-state index contributed by atoms with van der Waals surface area (Å²) in [6.07, 6.45) is 1.93. The first-order valence-electron chi connectivity index (χ1n) is 7.10. The van der Waals surface area contributed by atoms with Crippen molar-refractivity contribution in [3.8, 4) is 0 Å². The molecule has 4 nitrogen and oxygen atoms in total. The summed E-state index contributed by atoms with van der Waals surface area (Å²) in [6, 6.07) is 19.9. The standard InChI is InChI=1S/C17H15BrN4S/c18-14-6-8-15(9-7-14)19-17(23)20-16-10-11-22(21-16)12-13-4-2-1-3-5-13/h1-11H,12H2,(H2,19,20,21,23). The quantitative estimate of drug-likeness (QED) is 0.647. The van der Waals surface area contributed by atoms with Crippen molar-refractivity contribution in [2.45, 2.75) is 6.54 Å². The number of nitrogens with zero attached hydrogens (tertiary/aromatic N) is 2. The number of hydrogen-bond donors (Lipinski definition) is 2. The van der Waals surface area contributed by atoms with E-state index in [1.807, 2.05) is 59.4 Å². The van der Waals surface area contributed by atoms with Crippen molar-refractivity contribution in [3.05, 3.63) is 76.9 Å². The molecule has 0 saturated carbocycles. The minimum absolute atomic E-state index is 0.511. The van der Waals surface area contributed by atoms with Crippen LogP contribution >= 0.6 is 28.1 Å². The zero-order valence-corrected chi connectivity index (χ0v) is 14.6. The Bertz CT molecular complexity index is 784. The molecule has 1 aromatic heterocycles. The van der Waals surface area contributed by atoms with Gasteiger partial charge in [0.15, 0.2) is 10.9 Å². The first-order chi connectivity index (χ1) is 11.2. The molecular weight excluding hydrogens is 372 g/mol. The van der Waals surface area contributed by atoms with E-state index in [-0.39, 0.29) is 0 Å². The van der Waals surface area contributed by atoms with E-state index >= 15 is 0 Å². The summed E-state index contributed by atoms with van der Waals surface area (Å²) < 4.78 is 2.90. The first kappa shape index (κ1) is 15.7. The molecule has 0 aliphatic heterocycles. The number of anilines is 2. The number of halogens is 1. The third-order valence-corrected chi connectivity index (χ3v) is 3.90. The molecule has 23 heavy (non-hydrogen) atoms. The van der Waals surface area contributed by atoms with E-state index in [0.29, 0.717) is 5.11 Å². The second-order valence-electron chi connectivity index (χ2n) is 4.97. The summed E-state index contributed by atoms with van der Waals surface area (Å²) in [5.41, 5.74) is 2.13. The molecule has 0 unspecified atom stereocenters. The van der Waals surface area contributed by atoms with Gasteiger partial charge in [0.05, 0.1) is 6.54 Å². The predicted octanol–water partition coefficient (Wildman–Crippen LogP) is 4.50. The van der Waals surface area contributed by atoms with Gasteiger partial charge in [-0.2, -0.15) is 5.10 Å². The zero-order chi connectivity index (χ0) is 16.1. The minimum atomic E-state index is 0.511. The molecular formula is C17H15BrN4S. The highest BCUT2D eigenvalue weighted by molar-refractivity contribution is 9.10. The summed E-state index contributed by atoms with van der Waals surface area (Å²) in [6.45, 7) is 0.732. The summed E-state index contributed by atoms with van der Waals surface area (Å²) >= 11 is 8.71. The number of nitrogens with one attached hydrogen (secondary N) is 2. The summed E-state index contributed by atoms with van der Waals surface area (Å²) in [7, 11) is 0. The molecule has 0 bridgehead atoms. The Hall–Kier alpha value is -2.18.